The molecule has 0 saturated carbocycles. The van der Waals surface area contributed by atoms with Crippen molar-refractivity contribution in [3.05, 3.63) is 12.0 Å². The standard InChI is InChI=1S/C6H8N2O3/c9-5(10)2-1-4-6(11)8-3-7-4/h3,11H,1-2H2,(H,7,8)(H,9,10). The number of H-pyrrole nitrogens is 1. The van der Waals surface area contributed by atoms with Gasteiger partial charge < -0.3 is 15.2 Å². The smallest absolute Gasteiger partial charge is 0.303 e. The summed E-state index contributed by atoms with van der Waals surface area (Å²) in [7, 11) is 0. The van der Waals surface area contributed by atoms with Crippen molar-refractivity contribution in [1.29, 1.82) is 0 Å². The summed E-state index contributed by atoms with van der Waals surface area (Å²) in [5.74, 6) is -1.01. The molecule has 0 radical (unpaired) electrons. The zero-order valence-corrected chi connectivity index (χ0v) is 5.74. The number of imidazole rings is 1. The van der Waals surface area contributed by atoms with E-state index in [0.29, 0.717) is 5.69 Å². The Morgan fingerprint density at radius 1 is 1.73 bits per heavy atom. The molecule has 0 spiro atoms. The van der Waals surface area contributed by atoms with Crippen molar-refractivity contribution in [2.24, 2.45) is 0 Å². The Balaban J connectivity index is 2.51. The Morgan fingerprint density at radius 2 is 2.45 bits per heavy atom. The van der Waals surface area contributed by atoms with E-state index in [9.17, 15) is 4.79 Å². The summed E-state index contributed by atoms with van der Waals surface area (Å²) < 4.78 is 0. The predicted molar refractivity (Wildman–Crippen MR) is 36.2 cm³/mol. The van der Waals surface area contributed by atoms with Gasteiger partial charge in [-0.2, -0.15) is 0 Å². The minimum atomic E-state index is -0.890. The van der Waals surface area contributed by atoms with E-state index in [-0.39, 0.29) is 18.7 Å². The summed E-state index contributed by atoms with van der Waals surface area (Å²) in [6.07, 6.45) is 1.60. The van der Waals surface area contributed by atoms with Gasteiger partial charge in [0.25, 0.3) is 0 Å². The first-order chi connectivity index (χ1) is 5.20. The zero-order chi connectivity index (χ0) is 8.27. The minimum Gasteiger partial charge on any atom is -0.492 e. The molecule has 0 amide bonds. The average Bonchev–Trinajstić information content (AvgIpc) is 2.31. The molecule has 11 heavy (non-hydrogen) atoms. The number of aromatic amines is 1. The summed E-state index contributed by atoms with van der Waals surface area (Å²) >= 11 is 0. The molecular weight excluding hydrogens is 148 g/mol. The molecule has 5 nitrogen and oxygen atoms in total. The maximum atomic E-state index is 10.1. The third-order valence-electron chi connectivity index (χ3n) is 1.28. The SMILES string of the molecule is O=C(O)CCc1[nH]cnc1O. The van der Waals surface area contributed by atoms with Gasteiger partial charge in [-0.1, -0.05) is 0 Å². The molecule has 5 heteroatoms. The molecule has 0 unspecified atom stereocenters. The fraction of sp³-hybridized carbons (Fsp3) is 0.333. The van der Waals surface area contributed by atoms with Crippen molar-refractivity contribution < 1.29 is 15.0 Å². The number of aryl methyl sites for hydroxylation is 1. The van der Waals surface area contributed by atoms with Gasteiger partial charge in [-0.3, -0.25) is 4.79 Å². The lowest BCUT2D eigenvalue weighted by Crippen LogP contribution is -1.97. The summed E-state index contributed by atoms with van der Waals surface area (Å²) in [5, 5.41) is 17.2. The lowest BCUT2D eigenvalue weighted by molar-refractivity contribution is -0.136. The number of rotatable bonds is 3. The fourth-order valence-electron chi connectivity index (χ4n) is 0.730. The second-order valence-corrected chi connectivity index (χ2v) is 2.10. The molecule has 0 bridgehead atoms. The second kappa shape index (κ2) is 3.05. The van der Waals surface area contributed by atoms with E-state index in [4.69, 9.17) is 10.2 Å². The molecule has 3 N–H and O–H groups in total. The van der Waals surface area contributed by atoms with E-state index in [1.807, 2.05) is 0 Å². The lowest BCUT2D eigenvalue weighted by atomic mass is 10.2. The Kier molecular flexibility index (Phi) is 2.10. The van der Waals surface area contributed by atoms with Gasteiger partial charge in [0.1, 0.15) is 0 Å². The van der Waals surface area contributed by atoms with Crippen LogP contribution in [0.4, 0.5) is 0 Å². The molecule has 0 aromatic carbocycles. The van der Waals surface area contributed by atoms with Crippen LogP contribution in [0.15, 0.2) is 6.33 Å². The first kappa shape index (κ1) is 7.59. The number of aromatic nitrogens is 2. The Hall–Kier alpha value is -1.52. The van der Waals surface area contributed by atoms with Gasteiger partial charge in [-0.25, -0.2) is 4.98 Å². The minimum absolute atomic E-state index is 0.00421. The highest BCUT2D eigenvalue weighted by atomic mass is 16.4. The molecule has 0 atom stereocenters. The molecule has 1 rings (SSSR count). The first-order valence-corrected chi connectivity index (χ1v) is 3.13. The van der Waals surface area contributed by atoms with E-state index in [1.54, 1.807) is 0 Å². The molecule has 0 aliphatic carbocycles. The number of hydrogen-bond donors (Lipinski definition) is 3. The molecule has 60 valence electrons. The molecular formula is C6H8N2O3. The summed E-state index contributed by atoms with van der Waals surface area (Å²) in [6.45, 7) is 0. The van der Waals surface area contributed by atoms with Crippen molar-refractivity contribution in [2.45, 2.75) is 12.8 Å². The Labute approximate surface area is 62.7 Å². The van der Waals surface area contributed by atoms with E-state index in [1.165, 1.54) is 6.33 Å². The number of hydrogen-bond acceptors (Lipinski definition) is 3. The van der Waals surface area contributed by atoms with Crippen LogP contribution in [-0.2, 0) is 11.2 Å². The van der Waals surface area contributed by atoms with E-state index in [2.05, 4.69) is 9.97 Å². The van der Waals surface area contributed by atoms with Gasteiger partial charge in [0.15, 0.2) is 0 Å². The highest BCUT2D eigenvalue weighted by Crippen LogP contribution is 2.11. The Morgan fingerprint density at radius 3 is 2.91 bits per heavy atom. The normalized spacial score (nSPS) is 9.82. The highest BCUT2D eigenvalue weighted by Gasteiger charge is 2.05. The first-order valence-electron chi connectivity index (χ1n) is 3.13. The monoisotopic (exact) mass is 156 g/mol. The molecule has 1 aromatic rings. The number of carbonyl (C=O) groups is 1. The largest absolute Gasteiger partial charge is 0.492 e. The summed E-state index contributed by atoms with van der Waals surface area (Å²) in [4.78, 5) is 16.2. The Bertz CT molecular complexity index is 256. The van der Waals surface area contributed by atoms with E-state index >= 15 is 0 Å². The van der Waals surface area contributed by atoms with E-state index < -0.39 is 5.97 Å². The van der Waals surface area contributed by atoms with Gasteiger partial charge in [0.2, 0.25) is 5.88 Å². The second-order valence-electron chi connectivity index (χ2n) is 2.10. The van der Waals surface area contributed by atoms with Crippen LogP contribution in [0, 0.1) is 0 Å². The predicted octanol–water partition coefficient (Wildman–Crippen LogP) is 0.133. The quantitative estimate of drug-likeness (QED) is 0.580. The highest BCUT2D eigenvalue weighted by molar-refractivity contribution is 5.67. The van der Waals surface area contributed by atoms with Crippen LogP contribution in [0.5, 0.6) is 5.88 Å². The number of nitrogens with zero attached hydrogens (tertiary/aromatic N) is 1. The van der Waals surface area contributed by atoms with Crippen LogP contribution in [-0.4, -0.2) is 26.2 Å². The molecule has 0 aliphatic rings. The summed E-state index contributed by atoms with van der Waals surface area (Å²) in [5.41, 5.74) is 0.465. The van der Waals surface area contributed by atoms with Crippen molar-refractivity contribution in [3.63, 3.8) is 0 Å². The number of aromatic hydroxyl groups is 1. The maximum Gasteiger partial charge on any atom is 0.303 e. The van der Waals surface area contributed by atoms with E-state index in [0.717, 1.165) is 0 Å². The van der Waals surface area contributed by atoms with Crippen LogP contribution >= 0.6 is 0 Å². The fourth-order valence-corrected chi connectivity index (χ4v) is 0.730. The molecule has 0 fully saturated rings. The van der Waals surface area contributed by atoms with Crippen LogP contribution in [0.2, 0.25) is 0 Å². The van der Waals surface area contributed by atoms with Crippen molar-refractivity contribution in [3.8, 4) is 5.88 Å². The van der Waals surface area contributed by atoms with Crippen molar-refractivity contribution in [1.82, 2.24) is 9.97 Å². The van der Waals surface area contributed by atoms with Gasteiger partial charge in [0, 0.05) is 6.42 Å². The average molecular weight is 156 g/mol. The number of carboxylic acid groups (broad SMARTS) is 1. The van der Waals surface area contributed by atoms with Crippen LogP contribution in [0.3, 0.4) is 0 Å². The molecule has 1 aromatic heterocycles. The van der Waals surface area contributed by atoms with Gasteiger partial charge >= 0.3 is 5.97 Å². The third-order valence-corrected chi connectivity index (χ3v) is 1.28. The number of carboxylic acids is 1. The molecule has 0 aliphatic heterocycles. The van der Waals surface area contributed by atoms with Crippen LogP contribution in [0.1, 0.15) is 12.1 Å². The number of aliphatic carboxylic acids is 1. The number of nitrogens with one attached hydrogen (secondary N) is 1. The molecule has 0 saturated heterocycles. The van der Waals surface area contributed by atoms with Crippen molar-refractivity contribution >= 4 is 5.97 Å². The van der Waals surface area contributed by atoms with Crippen LogP contribution in [0.25, 0.3) is 0 Å². The summed E-state index contributed by atoms with van der Waals surface area (Å²) in [6, 6.07) is 0. The van der Waals surface area contributed by atoms with Crippen molar-refractivity contribution in [2.75, 3.05) is 0 Å². The third kappa shape index (κ3) is 1.96. The van der Waals surface area contributed by atoms with Crippen LogP contribution < -0.4 is 0 Å². The van der Waals surface area contributed by atoms with Gasteiger partial charge in [-0.15, -0.1) is 0 Å². The van der Waals surface area contributed by atoms with Gasteiger partial charge in [0.05, 0.1) is 18.4 Å². The maximum absolute atomic E-state index is 10.1. The van der Waals surface area contributed by atoms with Gasteiger partial charge in [-0.05, 0) is 0 Å². The molecule has 1 heterocycles. The zero-order valence-electron chi connectivity index (χ0n) is 5.74. The topological polar surface area (TPSA) is 86.2 Å². The lowest BCUT2D eigenvalue weighted by Gasteiger charge is -1.92.